The third-order valence-electron chi connectivity index (χ3n) is 4.50. The van der Waals surface area contributed by atoms with E-state index in [-0.39, 0.29) is 18.2 Å². The van der Waals surface area contributed by atoms with Crippen molar-refractivity contribution in [3.05, 3.63) is 65.4 Å². The highest BCUT2D eigenvalue weighted by Gasteiger charge is 2.10. The van der Waals surface area contributed by atoms with E-state index in [1.54, 1.807) is 0 Å². The molecule has 0 aliphatic heterocycles. The first-order valence-corrected chi connectivity index (χ1v) is 8.72. The highest BCUT2D eigenvalue weighted by atomic mass is 16.2. The van der Waals surface area contributed by atoms with E-state index < -0.39 is 0 Å². The summed E-state index contributed by atoms with van der Waals surface area (Å²) in [6.45, 7) is 4.50. The number of nitrogens with one attached hydrogen (secondary N) is 3. The molecule has 0 saturated heterocycles. The predicted octanol–water partition coefficient (Wildman–Crippen LogP) is 3.47. The zero-order chi connectivity index (χ0) is 18.5. The summed E-state index contributed by atoms with van der Waals surface area (Å²) in [4.78, 5) is 27.2. The second kappa shape index (κ2) is 7.87. The maximum absolute atomic E-state index is 12.0. The Kier molecular flexibility index (Phi) is 5.37. The van der Waals surface area contributed by atoms with E-state index in [4.69, 9.17) is 0 Å². The van der Waals surface area contributed by atoms with E-state index in [1.807, 2.05) is 56.4 Å². The van der Waals surface area contributed by atoms with E-state index in [0.29, 0.717) is 18.7 Å². The van der Waals surface area contributed by atoms with Gasteiger partial charge in [0.25, 0.3) is 0 Å². The van der Waals surface area contributed by atoms with Crippen LogP contribution in [0.1, 0.15) is 23.1 Å². The van der Waals surface area contributed by atoms with Gasteiger partial charge in [-0.15, -0.1) is 0 Å². The molecule has 1 heterocycles. The first-order chi connectivity index (χ1) is 12.5. The Morgan fingerprint density at radius 3 is 2.62 bits per heavy atom. The van der Waals surface area contributed by atoms with Gasteiger partial charge in [0.1, 0.15) is 6.42 Å². The van der Waals surface area contributed by atoms with Gasteiger partial charge in [-0.1, -0.05) is 24.3 Å². The average Bonchev–Trinajstić information content (AvgIpc) is 3.01. The van der Waals surface area contributed by atoms with Gasteiger partial charge < -0.3 is 15.6 Å². The smallest absolute Gasteiger partial charge is 0.233 e. The molecule has 3 rings (SSSR count). The van der Waals surface area contributed by atoms with Gasteiger partial charge in [-0.3, -0.25) is 9.59 Å². The van der Waals surface area contributed by atoms with Crippen LogP contribution in [0, 0.1) is 13.8 Å². The summed E-state index contributed by atoms with van der Waals surface area (Å²) >= 11 is 0. The van der Waals surface area contributed by atoms with Gasteiger partial charge in [0.15, 0.2) is 0 Å². The summed E-state index contributed by atoms with van der Waals surface area (Å²) in [5, 5.41) is 6.73. The van der Waals surface area contributed by atoms with Crippen molar-refractivity contribution >= 4 is 28.4 Å². The van der Waals surface area contributed by atoms with E-state index in [2.05, 4.69) is 21.7 Å². The maximum Gasteiger partial charge on any atom is 0.233 e. The molecule has 0 atom stereocenters. The number of carbonyl (C=O) groups excluding carboxylic acids is 2. The highest BCUT2D eigenvalue weighted by Crippen LogP contribution is 2.17. The number of fused-ring (bicyclic) bond motifs is 1. The van der Waals surface area contributed by atoms with Crippen molar-refractivity contribution in [1.82, 2.24) is 10.3 Å². The quantitative estimate of drug-likeness (QED) is 0.596. The minimum atomic E-state index is -0.308. The van der Waals surface area contributed by atoms with Crippen LogP contribution < -0.4 is 10.6 Å². The first kappa shape index (κ1) is 17.7. The molecule has 26 heavy (non-hydrogen) atoms. The molecular formula is C21H23N3O2. The Morgan fingerprint density at radius 2 is 1.81 bits per heavy atom. The molecular weight excluding hydrogens is 326 g/mol. The third kappa shape index (κ3) is 4.30. The number of rotatable bonds is 6. The van der Waals surface area contributed by atoms with Crippen LogP contribution in [-0.2, 0) is 16.0 Å². The van der Waals surface area contributed by atoms with Gasteiger partial charge in [0.2, 0.25) is 11.8 Å². The molecule has 0 fully saturated rings. The molecule has 0 bridgehead atoms. The number of H-pyrrole nitrogens is 1. The summed E-state index contributed by atoms with van der Waals surface area (Å²) in [6.07, 6.45) is 2.50. The third-order valence-corrected chi connectivity index (χ3v) is 4.50. The van der Waals surface area contributed by atoms with Gasteiger partial charge in [0, 0.05) is 29.3 Å². The number of amides is 2. The summed E-state index contributed by atoms with van der Waals surface area (Å²) in [7, 11) is 0. The van der Waals surface area contributed by atoms with Gasteiger partial charge in [-0.05, 0) is 55.2 Å². The number of hydrogen-bond donors (Lipinski definition) is 3. The van der Waals surface area contributed by atoms with E-state index >= 15 is 0 Å². The normalized spacial score (nSPS) is 10.7. The fourth-order valence-electron chi connectivity index (χ4n) is 2.91. The highest BCUT2D eigenvalue weighted by molar-refractivity contribution is 6.03. The minimum Gasteiger partial charge on any atom is -0.361 e. The summed E-state index contributed by atoms with van der Waals surface area (Å²) < 4.78 is 0. The summed E-state index contributed by atoms with van der Waals surface area (Å²) in [5.41, 5.74) is 5.22. The molecule has 3 aromatic rings. The minimum absolute atomic E-state index is 0.180. The standard InChI is InChI=1S/C21H23N3O2/c1-14-7-8-17(11-15(14)2)24-21(26)12-20(25)22-10-9-16-13-23-19-6-4-3-5-18(16)19/h3-8,11,13,23H,9-10,12H2,1-2H3,(H,22,25)(H,24,26). The molecule has 2 aromatic carbocycles. The van der Waals surface area contributed by atoms with Crippen LogP contribution in [0.2, 0.25) is 0 Å². The molecule has 0 aliphatic carbocycles. The number of carbonyl (C=O) groups is 2. The monoisotopic (exact) mass is 349 g/mol. The number of aryl methyl sites for hydroxylation is 2. The van der Waals surface area contributed by atoms with Gasteiger partial charge in [0.05, 0.1) is 0 Å². The van der Waals surface area contributed by atoms with Crippen molar-refractivity contribution in [2.45, 2.75) is 26.7 Å². The molecule has 134 valence electrons. The lowest BCUT2D eigenvalue weighted by atomic mass is 10.1. The second-order valence-corrected chi connectivity index (χ2v) is 6.48. The van der Waals surface area contributed by atoms with Gasteiger partial charge in [-0.2, -0.15) is 0 Å². The van der Waals surface area contributed by atoms with Crippen LogP contribution >= 0.6 is 0 Å². The Morgan fingerprint density at radius 1 is 1.00 bits per heavy atom. The van der Waals surface area contributed by atoms with Gasteiger partial charge in [-0.25, -0.2) is 0 Å². The molecule has 0 unspecified atom stereocenters. The van der Waals surface area contributed by atoms with E-state index in [1.165, 1.54) is 0 Å². The number of hydrogen-bond acceptors (Lipinski definition) is 2. The fraction of sp³-hybridized carbons (Fsp3) is 0.238. The lowest BCUT2D eigenvalue weighted by Crippen LogP contribution is -2.29. The SMILES string of the molecule is Cc1ccc(NC(=O)CC(=O)NCCc2c[nH]c3ccccc23)cc1C. The van der Waals surface area contributed by atoms with Crippen LogP contribution in [0.5, 0.6) is 0 Å². The van der Waals surface area contributed by atoms with Crippen molar-refractivity contribution in [3.8, 4) is 0 Å². The number of anilines is 1. The number of para-hydroxylation sites is 1. The van der Waals surface area contributed by atoms with E-state index in [9.17, 15) is 9.59 Å². The van der Waals surface area contributed by atoms with Crippen molar-refractivity contribution in [2.75, 3.05) is 11.9 Å². The van der Waals surface area contributed by atoms with Crippen LogP contribution in [0.25, 0.3) is 10.9 Å². The molecule has 0 aliphatic rings. The second-order valence-electron chi connectivity index (χ2n) is 6.48. The average molecular weight is 349 g/mol. The fourth-order valence-corrected chi connectivity index (χ4v) is 2.91. The number of aromatic amines is 1. The maximum atomic E-state index is 12.0. The Balaban J connectivity index is 1.46. The van der Waals surface area contributed by atoms with Crippen LogP contribution in [0.4, 0.5) is 5.69 Å². The van der Waals surface area contributed by atoms with Crippen molar-refractivity contribution in [3.63, 3.8) is 0 Å². The molecule has 3 N–H and O–H groups in total. The zero-order valence-electron chi connectivity index (χ0n) is 15.1. The van der Waals surface area contributed by atoms with Crippen LogP contribution in [0.15, 0.2) is 48.7 Å². The molecule has 5 heteroatoms. The predicted molar refractivity (Wildman–Crippen MR) is 104 cm³/mol. The Hall–Kier alpha value is -3.08. The lowest BCUT2D eigenvalue weighted by Gasteiger charge is -2.08. The van der Waals surface area contributed by atoms with Crippen molar-refractivity contribution in [1.29, 1.82) is 0 Å². The first-order valence-electron chi connectivity index (χ1n) is 8.72. The molecule has 1 aromatic heterocycles. The van der Waals surface area contributed by atoms with Crippen molar-refractivity contribution in [2.24, 2.45) is 0 Å². The van der Waals surface area contributed by atoms with Crippen LogP contribution in [0.3, 0.4) is 0 Å². The molecule has 0 saturated carbocycles. The Bertz CT molecular complexity index is 943. The van der Waals surface area contributed by atoms with E-state index in [0.717, 1.165) is 27.6 Å². The van der Waals surface area contributed by atoms with Crippen LogP contribution in [-0.4, -0.2) is 23.3 Å². The number of benzene rings is 2. The zero-order valence-corrected chi connectivity index (χ0v) is 15.1. The van der Waals surface area contributed by atoms with Gasteiger partial charge >= 0.3 is 0 Å². The molecule has 0 spiro atoms. The lowest BCUT2D eigenvalue weighted by molar-refractivity contribution is -0.126. The Labute approximate surface area is 152 Å². The topological polar surface area (TPSA) is 74.0 Å². The molecule has 2 amide bonds. The largest absolute Gasteiger partial charge is 0.361 e. The summed E-state index contributed by atoms with van der Waals surface area (Å²) in [5.74, 6) is -0.580. The van der Waals surface area contributed by atoms with Crippen molar-refractivity contribution < 1.29 is 9.59 Å². The summed E-state index contributed by atoms with van der Waals surface area (Å²) in [6, 6.07) is 13.8. The number of aromatic nitrogens is 1. The molecule has 0 radical (unpaired) electrons. The molecule has 5 nitrogen and oxygen atoms in total.